The third kappa shape index (κ3) is 4.11. The molecule has 4 aromatic carbocycles. The van der Waals surface area contributed by atoms with E-state index in [1.54, 1.807) is 0 Å². The second-order valence-corrected chi connectivity index (χ2v) is 10.1. The van der Waals surface area contributed by atoms with Crippen molar-refractivity contribution in [1.29, 1.82) is 0 Å². The number of nitrogens with zero attached hydrogens (tertiary/aromatic N) is 3. The molecule has 0 saturated heterocycles. The second-order valence-electron chi connectivity index (χ2n) is 10.1. The molecule has 0 amide bonds. The third-order valence-electron chi connectivity index (χ3n) is 7.42. The van der Waals surface area contributed by atoms with Gasteiger partial charge >= 0.3 is 0 Å². The molecule has 7 aromatic rings. The van der Waals surface area contributed by atoms with Gasteiger partial charge in [0.25, 0.3) is 0 Å². The van der Waals surface area contributed by atoms with Gasteiger partial charge in [0.15, 0.2) is 0 Å². The number of H-pyrrole nitrogens is 1. The summed E-state index contributed by atoms with van der Waals surface area (Å²) in [4.78, 5) is 13.4. The first-order valence-corrected chi connectivity index (χ1v) is 13.3. The smallest absolute Gasteiger partial charge is 0.234 e. The summed E-state index contributed by atoms with van der Waals surface area (Å²) in [6.45, 7) is 4.12. The molecule has 1 N–H and O–H groups in total. The molecule has 0 aliphatic rings. The number of rotatable bonds is 5. The number of hydrogen-bond donors (Lipinski definition) is 1. The van der Waals surface area contributed by atoms with Crippen molar-refractivity contribution in [3.8, 4) is 33.5 Å². The molecular weight excluding hydrogens is 476 g/mol. The van der Waals surface area contributed by atoms with E-state index < -0.39 is 0 Å². The Labute approximate surface area is 227 Å². The highest BCUT2D eigenvalue weighted by molar-refractivity contribution is 6.11. The lowest BCUT2D eigenvalue weighted by Gasteiger charge is -2.14. The van der Waals surface area contributed by atoms with Gasteiger partial charge in [-0.25, -0.2) is 9.97 Å². The van der Waals surface area contributed by atoms with E-state index in [0.29, 0.717) is 6.42 Å². The Bertz CT molecular complexity index is 1930. The Kier molecular flexibility index (Phi) is 5.59. The van der Waals surface area contributed by atoms with Gasteiger partial charge in [-0.2, -0.15) is 0 Å². The highest BCUT2D eigenvalue weighted by Gasteiger charge is 2.21. The van der Waals surface area contributed by atoms with Gasteiger partial charge in [0.05, 0.1) is 11.4 Å². The Morgan fingerprint density at radius 3 is 1.95 bits per heavy atom. The summed E-state index contributed by atoms with van der Waals surface area (Å²) in [6, 6.07) is 38.6. The van der Waals surface area contributed by atoms with Crippen LogP contribution in [0.25, 0.3) is 50.2 Å². The second kappa shape index (κ2) is 9.41. The summed E-state index contributed by atoms with van der Waals surface area (Å²) in [5.74, 6) is 0.753. The van der Waals surface area contributed by atoms with Crippen LogP contribution in [0.15, 0.2) is 115 Å². The lowest BCUT2D eigenvalue weighted by atomic mass is 9.89. The molecule has 0 radical (unpaired) electrons. The maximum Gasteiger partial charge on any atom is 0.234 e. The Hall–Kier alpha value is -4.96. The first kappa shape index (κ1) is 23.2. The summed E-state index contributed by atoms with van der Waals surface area (Å²) in [5, 5.41) is 1.23. The third-order valence-corrected chi connectivity index (χ3v) is 7.42. The molecule has 3 heterocycles. The van der Waals surface area contributed by atoms with E-state index in [2.05, 4.69) is 137 Å². The monoisotopic (exact) mass is 504 g/mol. The van der Waals surface area contributed by atoms with Crippen molar-refractivity contribution in [2.24, 2.45) is 0 Å². The molecule has 0 atom stereocenters. The molecular formula is C35H28N4. The predicted octanol–water partition coefficient (Wildman–Crippen LogP) is 8.42. The zero-order valence-corrected chi connectivity index (χ0v) is 22.0. The average Bonchev–Trinajstić information content (AvgIpc) is 3.56. The summed E-state index contributed by atoms with van der Waals surface area (Å²) >= 11 is 0. The molecule has 3 aromatic heterocycles. The van der Waals surface area contributed by atoms with E-state index in [4.69, 9.17) is 4.98 Å². The van der Waals surface area contributed by atoms with Crippen molar-refractivity contribution in [1.82, 2.24) is 19.4 Å². The Balaban J connectivity index is 1.51. The van der Waals surface area contributed by atoms with Crippen LogP contribution in [0.5, 0.6) is 0 Å². The van der Waals surface area contributed by atoms with E-state index in [-0.39, 0.29) is 0 Å². The number of aryl methyl sites for hydroxylation is 2. The molecule has 0 bridgehead atoms. The highest BCUT2D eigenvalue weighted by atomic mass is 15.1. The summed E-state index contributed by atoms with van der Waals surface area (Å²) in [5.41, 5.74) is 12.6. The lowest BCUT2D eigenvalue weighted by molar-refractivity contribution is 1.01. The van der Waals surface area contributed by atoms with Crippen LogP contribution in [-0.2, 0) is 6.42 Å². The minimum Gasteiger partial charge on any atom is -0.354 e. The molecule has 0 aliphatic carbocycles. The fourth-order valence-corrected chi connectivity index (χ4v) is 5.73. The zero-order valence-electron chi connectivity index (χ0n) is 22.0. The van der Waals surface area contributed by atoms with Crippen LogP contribution in [0.4, 0.5) is 0 Å². The van der Waals surface area contributed by atoms with Crippen molar-refractivity contribution in [2.45, 2.75) is 20.3 Å². The van der Waals surface area contributed by atoms with E-state index in [1.807, 2.05) is 6.92 Å². The van der Waals surface area contributed by atoms with Crippen molar-refractivity contribution < 1.29 is 0 Å². The van der Waals surface area contributed by atoms with Crippen LogP contribution >= 0.6 is 0 Å². The zero-order chi connectivity index (χ0) is 26.3. The summed E-state index contributed by atoms with van der Waals surface area (Å²) < 4.78 is 2.09. The number of aromatic nitrogens is 4. The molecule has 0 fully saturated rings. The predicted molar refractivity (Wildman–Crippen MR) is 160 cm³/mol. The van der Waals surface area contributed by atoms with Crippen LogP contribution < -0.4 is 0 Å². The van der Waals surface area contributed by atoms with Crippen molar-refractivity contribution in [3.05, 3.63) is 138 Å². The van der Waals surface area contributed by atoms with E-state index in [9.17, 15) is 0 Å². The van der Waals surface area contributed by atoms with Crippen molar-refractivity contribution in [2.75, 3.05) is 0 Å². The first-order valence-electron chi connectivity index (χ1n) is 13.3. The SMILES string of the molecule is Cc1cc(C)n2cc(Cc3ccc4[nH]c(-c5ccccc5)c(-c5ccccc5)c4c3-c3ccccc3)nc2n1. The minimum absolute atomic E-state index is 0.710. The molecule has 0 aliphatic heterocycles. The maximum absolute atomic E-state index is 4.92. The van der Waals surface area contributed by atoms with Crippen LogP contribution in [0.3, 0.4) is 0 Å². The Morgan fingerprint density at radius 2 is 1.28 bits per heavy atom. The van der Waals surface area contributed by atoms with E-state index in [1.165, 1.54) is 38.8 Å². The first-order chi connectivity index (χ1) is 19.2. The number of nitrogens with one attached hydrogen (secondary N) is 1. The number of fused-ring (bicyclic) bond motifs is 2. The van der Waals surface area contributed by atoms with E-state index >= 15 is 0 Å². The molecule has 0 unspecified atom stereocenters. The number of aromatic amines is 1. The average molecular weight is 505 g/mol. The number of imidazole rings is 1. The van der Waals surface area contributed by atoms with Gasteiger partial charge in [-0.1, -0.05) is 97.1 Å². The van der Waals surface area contributed by atoms with E-state index in [0.717, 1.165) is 34.1 Å². The lowest BCUT2D eigenvalue weighted by Crippen LogP contribution is -1.94. The normalized spacial score (nSPS) is 11.4. The molecule has 39 heavy (non-hydrogen) atoms. The number of benzene rings is 4. The Morgan fingerprint density at radius 1 is 0.667 bits per heavy atom. The van der Waals surface area contributed by atoms with Gasteiger partial charge in [0.2, 0.25) is 5.78 Å². The van der Waals surface area contributed by atoms with Gasteiger partial charge in [-0.3, -0.25) is 4.40 Å². The van der Waals surface area contributed by atoms with Crippen LogP contribution in [0.1, 0.15) is 22.6 Å². The van der Waals surface area contributed by atoms with Crippen LogP contribution in [-0.4, -0.2) is 19.4 Å². The van der Waals surface area contributed by atoms with Crippen LogP contribution in [0.2, 0.25) is 0 Å². The minimum atomic E-state index is 0.710. The van der Waals surface area contributed by atoms with Gasteiger partial charge in [0, 0.05) is 40.5 Å². The molecule has 0 spiro atoms. The van der Waals surface area contributed by atoms with Crippen molar-refractivity contribution >= 4 is 16.7 Å². The fourth-order valence-electron chi connectivity index (χ4n) is 5.73. The van der Waals surface area contributed by atoms with Gasteiger partial charge in [0.1, 0.15) is 0 Å². The molecule has 188 valence electrons. The molecule has 4 nitrogen and oxygen atoms in total. The number of hydrogen-bond acceptors (Lipinski definition) is 2. The maximum atomic E-state index is 4.92. The highest BCUT2D eigenvalue weighted by Crippen LogP contribution is 2.44. The van der Waals surface area contributed by atoms with Gasteiger partial charge < -0.3 is 4.98 Å². The quantitative estimate of drug-likeness (QED) is 0.256. The van der Waals surface area contributed by atoms with Gasteiger partial charge in [-0.05, 0) is 53.8 Å². The molecule has 7 rings (SSSR count). The molecule has 0 saturated carbocycles. The fraction of sp³-hybridized carbons (Fsp3) is 0.0857. The molecule has 4 heteroatoms. The topological polar surface area (TPSA) is 46.0 Å². The summed E-state index contributed by atoms with van der Waals surface area (Å²) in [7, 11) is 0. The van der Waals surface area contributed by atoms with Gasteiger partial charge in [-0.15, -0.1) is 0 Å². The summed E-state index contributed by atoms with van der Waals surface area (Å²) in [6.07, 6.45) is 2.84. The van der Waals surface area contributed by atoms with Crippen LogP contribution in [0, 0.1) is 13.8 Å². The van der Waals surface area contributed by atoms with Crippen molar-refractivity contribution in [3.63, 3.8) is 0 Å². The largest absolute Gasteiger partial charge is 0.354 e. The standard InChI is InChI=1S/C35H28N4/c1-23-20-24(2)39-22-29(37-35(39)36-23)21-28-18-19-30-33(31(28)25-12-6-3-7-13-25)32(26-14-8-4-9-15-26)34(38-30)27-16-10-5-11-17-27/h3-20,22,38H,21H2,1-2H3.